The second kappa shape index (κ2) is 6.56. The van der Waals surface area contributed by atoms with Crippen LogP contribution in [0, 0.1) is 5.92 Å². The van der Waals surface area contributed by atoms with Crippen LogP contribution in [0.25, 0.3) is 0 Å². The van der Waals surface area contributed by atoms with Gasteiger partial charge >= 0.3 is 0 Å². The molecule has 2 fully saturated rings. The summed E-state index contributed by atoms with van der Waals surface area (Å²) in [5, 5.41) is 0. The van der Waals surface area contributed by atoms with Crippen LogP contribution in [0.4, 0.5) is 0 Å². The SMILES string of the molecule is CC(c1ccccn1)N1CCN(CC2CCCC2)C(=O)C1. The van der Waals surface area contributed by atoms with Crippen LogP contribution in [0.3, 0.4) is 0 Å². The number of pyridine rings is 1. The van der Waals surface area contributed by atoms with Crippen molar-refractivity contribution in [2.75, 3.05) is 26.2 Å². The number of nitrogens with zero attached hydrogens (tertiary/aromatic N) is 3. The van der Waals surface area contributed by atoms with Crippen LogP contribution in [-0.2, 0) is 4.79 Å². The Kier molecular flexibility index (Phi) is 4.54. The topological polar surface area (TPSA) is 36.4 Å². The normalized spacial score (nSPS) is 22.7. The van der Waals surface area contributed by atoms with Crippen LogP contribution < -0.4 is 0 Å². The Balaban J connectivity index is 1.56. The Morgan fingerprint density at radius 2 is 2.10 bits per heavy atom. The van der Waals surface area contributed by atoms with Gasteiger partial charge in [-0.15, -0.1) is 0 Å². The van der Waals surface area contributed by atoms with Crippen LogP contribution in [0.1, 0.15) is 44.3 Å². The quantitative estimate of drug-likeness (QED) is 0.853. The molecule has 0 N–H and O–H groups in total. The molecule has 1 aromatic rings. The van der Waals surface area contributed by atoms with Gasteiger partial charge in [0.2, 0.25) is 5.91 Å². The lowest BCUT2D eigenvalue weighted by atomic mass is 10.1. The molecule has 1 amide bonds. The maximum atomic E-state index is 12.4. The van der Waals surface area contributed by atoms with Crippen molar-refractivity contribution in [3.05, 3.63) is 30.1 Å². The molecule has 2 heterocycles. The van der Waals surface area contributed by atoms with Crippen LogP contribution in [0.15, 0.2) is 24.4 Å². The number of amides is 1. The Labute approximate surface area is 127 Å². The molecule has 4 heteroatoms. The Morgan fingerprint density at radius 1 is 1.29 bits per heavy atom. The number of hydrogen-bond donors (Lipinski definition) is 0. The third kappa shape index (κ3) is 3.43. The molecule has 0 radical (unpaired) electrons. The molecule has 0 aromatic carbocycles. The molecule has 1 saturated heterocycles. The van der Waals surface area contributed by atoms with Crippen molar-refractivity contribution >= 4 is 5.91 Å². The van der Waals surface area contributed by atoms with Crippen molar-refractivity contribution in [2.24, 2.45) is 5.92 Å². The standard InChI is InChI=1S/C17H25N3O/c1-14(16-8-4-5-9-18-16)19-10-11-20(17(21)13-19)12-15-6-2-3-7-15/h4-5,8-9,14-15H,2-3,6-7,10-13H2,1H3. The van der Waals surface area contributed by atoms with Crippen molar-refractivity contribution in [3.63, 3.8) is 0 Å². The molecule has 0 bridgehead atoms. The minimum Gasteiger partial charge on any atom is -0.340 e. The molecule has 3 rings (SSSR count). The molecule has 1 aliphatic carbocycles. The third-order valence-electron chi connectivity index (χ3n) is 4.97. The first kappa shape index (κ1) is 14.5. The molecule has 1 aliphatic heterocycles. The highest BCUT2D eigenvalue weighted by atomic mass is 16.2. The lowest BCUT2D eigenvalue weighted by Crippen LogP contribution is -2.52. The van der Waals surface area contributed by atoms with Gasteiger partial charge < -0.3 is 4.90 Å². The van der Waals surface area contributed by atoms with Gasteiger partial charge in [0.15, 0.2) is 0 Å². The van der Waals surface area contributed by atoms with E-state index in [0.717, 1.165) is 31.2 Å². The van der Waals surface area contributed by atoms with Crippen LogP contribution in [-0.4, -0.2) is 46.9 Å². The zero-order valence-electron chi connectivity index (χ0n) is 12.9. The second-order valence-electron chi connectivity index (χ2n) is 6.39. The van der Waals surface area contributed by atoms with E-state index in [1.165, 1.54) is 25.7 Å². The number of aromatic nitrogens is 1. The zero-order chi connectivity index (χ0) is 14.7. The maximum Gasteiger partial charge on any atom is 0.236 e. The molecular weight excluding hydrogens is 262 g/mol. The first-order chi connectivity index (χ1) is 10.2. The van der Waals surface area contributed by atoms with Gasteiger partial charge in [-0.05, 0) is 37.8 Å². The van der Waals surface area contributed by atoms with Gasteiger partial charge in [-0.1, -0.05) is 18.9 Å². The fourth-order valence-electron chi connectivity index (χ4n) is 3.57. The minimum absolute atomic E-state index is 0.212. The van der Waals surface area contributed by atoms with Gasteiger partial charge in [-0.25, -0.2) is 0 Å². The van der Waals surface area contributed by atoms with E-state index in [1.807, 2.05) is 24.4 Å². The average molecular weight is 287 g/mol. The lowest BCUT2D eigenvalue weighted by molar-refractivity contribution is -0.137. The Bertz CT molecular complexity index is 470. The molecular formula is C17H25N3O. The number of hydrogen-bond acceptors (Lipinski definition) is 3. The summed E-state index contributed by atoms with van der Waals surface area (Å²) in [6.07, 6.45) is 7.12. The Hall–Kier alpha value is -1.42. The molecule has 114 valence electrons. The summed E-state index contributed by atoms with van der Waals surface area (Å²) >= 11 is 0. The first-order valence-corrected chi connectivity index (χ1v) is 8.17. The molecule has 1 aromatic heterocycles. The van der Waals surface area contributed by atoms with E-state index >= 15 is 0 Å². The van der Waals surface area contributed by atoms with E-state index < -0.39 is 0 Å². The zero-order valence-corrected chi connectivity index (χ0v) is 12.9. The Morgan fingerprint density at radius 3 is 2.76 bits per heavy atom. The van der Waals surface area contributed by atoms with Crippen molar-refractivity contribution in [1.29, 1.82) is 0 Å². The highest BCUT2D eigenvalue weighted by molar-refractivity contribution is 5.79. The number of carbonyl (C=O) groups excluding carboxylic acids is 1. The largest absolute Gasteiger partial charge is 0.340 e. The number of carbonyl (C=O) groups is 1. The average Bonchev–Trinajstić information content (AvgIpc) is 3.02. The maximum absolute atomic E-state index is 12.4. The van der Waals surface area contributed by atoms with Gasteiger partial charge in [0, 0.05) is 31.9 Å². The summed E-state index contributed by atoms with van der Waals surface area (Å²) in [6.45, 7) is 5.47. The highest BCUT2D eigenvalue weighted by Crippen LogP contribution is 2.27. The summed E-state index contributed by atoms with van der Waals surface area (Å²) in [5.74, 6) is 1.03. The van der Waals surface area contributed by atoms with Gasteiger partial charge in [0.1, 0.15) is 0 Å². The number of piperazine rings is 1. The van der Waals surface area contributed by atoms with Crippen molar-refractivity contribution in [3.8, 4) is 0 Å². The summed E-state index contributed by atoms with van der Waals surface area (Å²) < 4.78 is 0. The fraction of sp³-hybridized carbons (Fsp3) is 0.647. The number of rotatable bonds is 4. The fourth-order valence-corrected chi connectivity index (χ4v) is 3.57. The summed E-state index contributed by atoms with van der Waals surface area (Å²) in [5.41, 5.74) is 1.05. The minimum atomic E-state index is 0.212. The van der Waals surface area contributed by atoms with Crippen LogP contribution in [0.5, 0.6) is 0 Å². The monoisotopic (exact) mass is 287 g/mol. The lowest BCUT2D eigenvalue weighted by Gasteiger charge is -2.38. The molecule has 0 spiro atoms. The first-order valence-electron chi connectivity index (χ1n) is 8.17. The van der Waals surface area contributed by atoms with E-state index in [-0.39, 0.29) is 11.9 Å². The van der Waals surface area contributed by atoms with Crippen LogP contribution in [0.2, 0.25) is 0 Å². The van der Waals surface area contributed by atoms with E-state index in [0.29, 0.717) is 6.54 Å². The van der Waals surface area contributed by atoms with Crippen molar-refractivity contribution in [1.82, 2.24) is 14.8 Å². The van der Waals surface area contributed by atoms with Gasteiger partial charge in [-0.3, -0.25) is 14.7 Å². The highest BCUT2D eigenvalue weighted by Gasteiger charge is 2.29. The predicted octanol–water partition coefficient (Wildman–Crippen LogP) is 2.48. The van der Waals surface area contributed by atoms with Crippen LogP contribution >= 0.6 is 0 Å². The molecule has 1 atom stereocenters. The summed E-state index contributed by atoms with van der Waals surface area (Å²) in [7, 11) is 0. The molecule has 4 nitrogen and oxygen atoms in total. The van der Waals surface area contributed by atoms with Crippen molar-refractivity contribution in [2.45, 2.75) is 38.6 Å². The van der Waals surface area contributed by atoms with E-state index in [1.54, 1.807) is 0 Å². The predicted molar refractivity (Wildman–Crippen MR) is 82.8 cm³/mol. The smallest absolute Gasteiger partial charge is 0.236 e. The van der Waals surface area contributed by atoms with Gasteiger partial charge in [0.25, 0.3) is 0 Å². The second-order valence-corrected chi connectivity index (χ2v) is 6.39. The third-order valence-corrected chi connectivity index (χ3v) is 4.97. The molecule has 2 aliphatic rings. The van der Waals surface area contributed by atoms with Gasteiger partial charge in [-0.2, -0.15) is 0 Å². The van der Waals surface area contributed by atoms with E-state index in [9.17, 15) is 4.79 Å². The van der Waals surface area contributed by atoms with Gasteiger partial charge in [0.05, 0.1) is 12.2 Å². The summed E-state index contributed by atoms with van der Waals surface area (Å²) in [6, 6.07) is 6.20. The molecule has 21 heavy (non-hydrogen) atoms. The van der Waals surface area contributed by atoms with E-state index in [2.05, 4.69) is 21.7 Å². The van der Waals surface area contributed by atoms with Crippen molar-refractivity contribution < 1.29 is 4.79 Å². The molecule has 1 saturated carbocycles. The van der Waals surface area contributed by atoms with E-state index in [4.69, 9.17) is 0 Å². The molecule has 1 unspecified atom stereocenters. The summed E-state index contributed by atoms with van der Waals surface area (Å²) in [4.78, 5) is 21.1.